The monoisotopic (exact) mass is 219 g/mol. The lowest BCUT2D eigenvalue weighted by molar-refractivity contribution is -0.0886. The maximum atomic E-state index is 12.2. The maximum absolute atomic E-state index is 12.2. The van der Waals surface area contributed by atoms with Gasteiger partial charge in [0.15, 0.2) is 0 Å². The van der Waals surface area contributed by atoms with Gasteiger partial charge in [-0.25, -0.2) is 0 Å². The zero-order valence-corrected chi connectivity index (χ0v) is 9.23. The van der Waals surface area contributed by atoms with Crippen molar-refractivity contribution >= 4 is 6.21 Å². The van der Waals surface area contributed by atoms with Crippen molar-refractivity contribution in [2.75, 3.05) is 7.05 Å². The molecule has 0 spiro atoms. The van der Waals surface area contributed by atoms with Crippen LogP contribution in [0.5, 0.6) is 0 Å². The van der Waals surface area contributed by atoms with Crippen LogP contribution >= 0.6 is 0 Å². The van der Waals surface area contributed by atoms with Crippen LogP contribution in [-0.2, 0) is 0 Å². The third kappa shape index (κ3) is 4.81. The molecule has 0 unspecified atom stereocenters. The van der Waals surface area contributed by atoms with Gasteiger partial charge in [0.1, 0.15) is 0 Å². The van der Waals surface area contributed by atoms with Crippen LogP contribution in [0.15, 0.2) is 28.3 Å². The number of nitrogens with zero attached hydrogens (tertiary/aromatic N) is 1. The number of aliphatic imine (C=N–C) groups is 1. The Hall–Kier alpha value is -1.06. The van der Waals surface area contributed by atoms with Crippen LogP contribution < -0.4 is 0 Å². The molecule has 0 atom stereocenters. The molecule has 0 N–H and O–H groups in total. The molecule has 15 heavy (non-hydrogen) atoms. The van der Waals surface area contributed by atoms with Crippen molar-refractivity contribution in [1.82, 2.24) is 0 Å². The largest absolute Gasteiger partial charge is 0.416 e. The van der Waals surface area contributed by atoms with Crippen LogP contribution in [0.2, 0.25) is 0 Å². The van der Waals surface area contributed by atoms with E-state index in [0.717, 1.165) is 6.08 Å². The fourth-order valence-electron chi connectivity index (χ4n) is 1.19. The first-order valence-electron chi connectivity index (χ1n) is 4.94. The summed E-state index contributed by atoms with van der Waals surface area (Å²) in [6.45, 7) is 4.00. The second-order valence-corrected chi connectivity index (χ2v) is 2.80. The van der Waals surface area contributed by atoms with E-state index in [-0.39, 0.29) is 0 Å². The predicted molar refractivity (Wildman–Crippen MR) is 57.2 cm³/mol. The van der Waals surface area contributed by atoms with Gasteiger partial charge in [0.25, 0.3) is 0 Å². The highest BCUT2D eigenvalue weighted by Gasteiger charge is 2.32. The molecule has 0 heterocycles. The Morgan fingerprint density at radius 3 is 2.40 bits per heavy atom. The third-order valence-electron chi connectivity index (χ3n) is 1.76. The summed E-state index contributed by atoms with van der Waals surface area (Å²) in [6.07, 6.45) is 0.680. The lowest BCUT2D eigenvalue weighted by Crippen LogP contribution is -2.12. The average Bonchev–Trinajstić information content (AvgIpc) is 2.21. The Kier molecular flexibility index (Phi) is 5.97. The fourth-order valence-corrected chi connectivity index (χ4v) is 1.19. The SMILES string of the molecule is CC.CN=CC1=CC(C(F)(F)F)=CCC1. The van der Waals surface area contributed by atoms with Gasteiger partial charge < -0.3 is 0 Å². The molecule has 0 saturated heterocycles. The number of hydrogen-bond acceptors (Lipinski definition) is 1. The third-order valence-corrected chi connectivity index (χ3v) is 1.76. The van der Waals surface area contributed by atoms with E-state index in [1.54, 1.807) is 7.05 Å². The molecule has 1 aliphatic carbocycles. The van der Waals surface area contributed by atoms with E-state index in [9.17, 15) is 13.2 Å². The van der Waals surface area contributed by atoms with Crippen LogP contribution in [0.4, 0.5) is 13.2 Å². The number of halogens is 3. The van der Waals surface area contributed by atoms with Crippen LogP contribution in [0.3, 0.4) is 0 Å². The molecule has 1 nitrogen and oxygen atoms in total. The molecule has 0 amide bonds. The minimum Gasteiger partial charge on any atom is -0.296 e. The molecule has 1 rings (SSSR count). The number of alkyl halides is 3. The Morgan fingerprint density at radius 2 is 1.93 bits per heavy atom. The van der Waals surface area contributed by atoms with Crippen LogP contribution in [0, 0.1) is 0 Å². The van der Waals surface area contributed by atoms with Gasteiger partial charge >= 0.3 is 6.18 Å². The first-order valence-corrected chi connectivity index (χ1v) is 4.94. The van der Waals surface area contributed by atoms with Gasteiger partial charge in [0.2, 0.25) is 0 Å². The summed E-state index contributed by atoms with van der Waals surface area (Å²) in [7, 11) is 1.55. The highest BCUT2D eigenvalue weighted by molar-refractivity contribution is 5.79. The summed E-state index contributed by atoms with van der Waals surface area (Å²) in [4.78, 5) is 3.69. The molecule has 0 aromatic rings. The van der Waals surface area contributed by atoms with Gasteiger partial charge in [-0.15, -0.1) is 0 Å². The first kappa shape index (κ1) is 13.9. The molecule has 86 valence electrons. The van der Waals surface area contributed by atoms with Crippen LogP contribution in [0.1, 0.15) is 26.7 Å². The molecule has 1 aliphatic rings. The Morgan fingerprint density at radius 1 is 1.33 bits per heavy atom. The quantitative estimate of drug-likeness (QED) is 0.593. The Labute approximate surface area is 88.4 Å². The predicted octanol–water partition coefficient (Wildman–Crippen LogP) is 3.92. The second-order valence-electron chi connectivity index (χ2n) is 2.80. The lowest BCUT2D eigenvalue weighted by atomic mass is 10.00. The van der Waals surface area contributed by atoms with Crippen molar-refractivity contribution in [3.8, 4) is 0 Å². The van der Waals surface area contributed by atoms with E-state index in [1.165, 1.54) is 12.3 Å². The van der Waals surface area contributed by atoms with Crippen LogP contribution in [0.25, 0.3) is 0 Å². The zero-order valence-electron chi connectivity index (χ0n) is 9.23. The molecule has 0 aromatic carbocycles. The molecule has 0 aromatic heterocycles. The van der Waals surface area contributed by atoms with Crippen molar-refractivity contribution < 1.29 is 13.2 Å². The summed E-state index contributed by atoms with van der Waals surface area (Å²) in [6, 6.07) is 0. The Balaban J connectivity index is 0.000000921. The van der Waals surface area contributed by atoms with Gasteiger partial charge in [0.05, 0.1) is 5.57 Å². The number of hydrogen-bond donors (Lipinski definition) is 0. The van der Waals surface area contributed by atoms with E-state index in [0.29, 0.717) is 18.4 Å². The first-order chi connectivity index (χ1) is 7.04. The highest BCUT2D eigenvalue weighted by Crippen LogP contribution is 2.30. The van der Waals surface area contributed by atoms with Crippen molar-refractivity contribution in [1.29, 1.82) is 0 Å². The minimum atomic E-state index is -4.23. The van der Waals surface area contributed by atoms with Gasteiger partial charge in [0, 0.05) is 13.3 Å². The lowest BCUT2D eigenvalue weighted by Gasteiger charge is -2.13. The molecule has 4 heteroatoms. The average molecular weight is 219 g/mol. The topological polar surface area (TPSA) is 12.4 Å². The van der Waals surface area contributed by atoms with E-state index < -0.39 is 11.7 Å². The van der Waals surface area contributed by atoms with Crippen molar-refractivity contribution in [3.63, 3.8) is 0 Å². The number of rotatable bonds is 1. The second kappa shape index (κ2) is 6.43. The van der Waals surface area contributed by atoms with Gasteiger partial charge in [-0.3, -0.25) is 4.99 Å². The van der Waals surface area contributed by atoms with E-state index in [2.05, 4.69) is 4.99 Å². The summed E-state index contributed by atoms with van der Waals surface area (Å²) >= 11 is 0. The zero-order chi connectivity index (χ0) is 11.9. The number of allylic oxidation sites excluding steroid dienone is 4. The summed E-state index contributed by atoms with van der Waals surface area (Å²) in [5.74, 6) is 0. The minimum absolute atomic E-state index is 0.437. The van der Waals surface area contributed by atoms with E-state index in [4.69, 9.17) is 0 Å². The molecule has 0 bridgehead atoms. The summed E-state index contributed by atoms with van der Waals surface area (Å²) in [5, 5.41) is 0. The summed E-state index contributed by atoms with van der Waals surface area (Å²) in [5.41, 5.74) is 0.0750. The summed E-state index contributed by atoms with van der Waals surface area (Å²) < 4.78 is 36.6. The van der Waals surface area contributed by atoms with E-state index >= 15 is 0 Å². The molecule has 0 aliphatic heterocycles. The Bertz CT molecular complexity index is 272. The van der Waals surface area contributed by atoms with Crippen molar-refractivity contribution in [2.24, 2.45) is 4.99 Å². The molecule has 0 saturated carbocycles. The standard InChI is InChI=1S/C9H10F3N.C2H6/c1-13-6-7-3-2-4-8(5-7)9(10,11)12;1-2/h4-6H,2-3H2,1H3;1-2H3. The van der Waals surface area contributed by atoms with Crippen molar-refractivity contribution in [3.05, 3.63) is 23.3 Å². The molecule has 0 radical (unpaired) electrons. The molecular weight excluding hydrogens is 203 g/mol. The van der Waals surface area contributed by atoms with Gasteiger partial charge in [-0.1, -0.05) is 19.9 Å². The van der Waals surface area contributed by atoms with Gasteiger partial charge in [-0.05, 0) is 24.5 Å². The molecular formula is C11H16F3N. The maximum Gasteiger partial charge on any atom is 0.416 e. The van der Waals surface area contributed by atoms with E-state index in [1.807, 2.05) is 13.8 Å². The van der Waals surface area contributed by atoms with Crippen LogP contribution in [-0.4, -0.2) is 19.4 Å². The normalized spacial score (nSPS) is 16.7. The smallest absolute Gasteiger partial charge is 0.296 e. The molecule has 0 fully saturated rings. The highest BCUT2D eigenvalue weighted by atomic mass is 19.4. The van der Waals surface area contributed by atoms with Crippen molar-refractivity contribution in [2.45, 2.75) is 32.9 Å². The van der Waals surface area contributed by atoms with Gasteiger partial charge in [-0.2, -0.15) is 13.2 Å². The fraction of sp³-hybridized carbons (Fsp3) is 0.545.